The number of amides is 1. The summed E-state index contributed by atoms with van der Waals surface area (Å²) >= 11 is 6.09. The van der Waals surface area contributed by atoms with Crippen LogP contribution in [0.25, 0.3) is 11.0 Å². The highest BCUT2D eigenvalue weighted by atomic mass is 35.5. The van der Waals surface area contributed by atoms with E-state index in [1.165, 1.54) is 20.3 Å². The fourth-order valence-corrected chi connectivity index (χ4v) is 2.60. The van der Waals surface area contributed by atoms with E-state index in [1.54, 1.807) is 30.3 Å². The van der Waals surface area contributed by atoms with Crippen LogP contribution in [0, 0.1) is 0 Å². The van der Waals surface area contributed by atoms with Gasteiger partial charge in [-0.2, -0.15) is 0 Å². The third-order valence-corrected chi connectivity index (χ3v) is 3.88. The number of rotatable bonds is 4. The van der Waals surface area contributed by atoms with Gasteiger partial charge < -0.3 is 19.2 Å². The lowest BCUT2D eigenvalue weighted by molar-refractivity contribution is 0.0997. The molecular formula is C18H14ClNO5. The van der Waals surface area contributed by atoms with E-state index in [0.29, 0.717) is 33.2 Å². The van der Waals surface area contributed by atoms with Crippen LogP contribution >= 0.6 is 11.6 Å². The van der Waals surface area contributed by atoms with Gasteiger partial charge in [0.2, 0.25) is 0 Å². The molecule has 0 radical (unpaired) electrons. The Hall–Kier alpha value is -2.99. The van der Waals surface area contributed by atoms with Crippen LogP contribution in [0.3, 0.4) is 0 Å². The van der Waals surface area contributed by atoms with E-state index in [-0.39, 0.29) is 11.2 Å². The zero-order chi connectivity index (χ0) is 18.0. The van der Waals surface area contributed by atoms with Gasteiger partial charge in [0.15, 0.2) is 11.2 Å². The van der Waals surface area contributed by atoms with Crippen LogP contribution in [0.5, 0.6) is 11.5 Å². The molecule has 6 nitrogen and oxygen atoms in total. The number of carbonyl (C=O) groups is 1. The van der Waals surface area contributed by atoms with Gasteiger partial charge in [-0.1, -0.05) is 23.7 Å². The van der Waals surface area contributed by atoms with Crippen molar-refractivity contribution in [2.75, 3.05) is 19.5 Å². The van der Waals surface area contributed by atoms with Gasteiger partial charge in [-0.3, -0.25) is 9.59 Å². The molecule has 7 heteroatoms. The number of carbonyl (C=O) groups excluding carboxylic acids is 1. The molecule has 25 heavy (non-hydrogen) atoms. The molecule has 0 atom stereocenters. The van der Waals surface area contributed by atoms with Crippen molar-refractivity contribution in [3.05, 3.63) is 63.5 Å². The van der Waals surface area contributed by atoms with Gasteiger partial charge in [0.25, 0.3) is 5.91 Å². The summed E-state index contributed by atoms with van der Waals surface area (Å²) in [5.74, 6) is 0.0616. The molecule has 0 saturated heterocycles. The maximum atomic E-state index is 12.5. The summed E-state index contributed by atoms with van der Waals surface area (Å²) < 4.78 is 15.9. The zero-order valence-corrected chi connectivity index (χ0v) is 14.2. The van der Waals surface area contributed by atoms with Crippen LogP contribution < -0.4 is 20.2 Å². The van der Waals surface area contributed by atoms with Crippen LogP contribution in [-0.2, 0) is 0 Å². The van der Waals surface area contributed by atoms with Crippen molar-refractivity contribution in [1.82, 2.24) is 0 Å². The monoisotopic (exact) mass is 359 g/mol. The molecule has 0 unspecified atom stereocenters. The van der Waals surface area contributed by atoms with Crippen molar-refractivity contribution in [3.63, 3.8) is 0 Å². The largest absolute Gasteiger partial charge is 0.495 e. The van der Waals surface area contributed by atoms with Gasteiger partial charge >= 0.3 is 0 Å². The summed E-state index contributed by atoms with van der Waals surface area (Å²) in [6.45, 7) is 0. The summed E-state index contributed by atoms with van der Waals surface area (Å²) in [5, 5.41) is 3.34. The fraction of sp³-hybridized carbons (Fsp3) is 0.111. The van der Waals surface area contributed by atoms with E-state index in [9.17, 15) is 9.59 Å². The number of nitrogens with one attached hydrogen (secondary N) is 1. The summed E-state index contributed by atoms with van der Waals surface area (Å²) in [7, 11) is 2.93. The first-order chi connectivity index (χ1) is 12.0. The maximum Gasteiger partial charge on any atom is 0.291 e. The molecule has 0 fully saturated rings. The first-order valence-electron chi connectivity index (χ1n) is 7.29. The zero-order valence-electron chi connectivity index (χ0n) is 13.5. The Kier molecular flexibility index (Phi) is 4.63. The molecule has 0 bridgehead atoms. The SMILES string of the molecule is COc1cc(OC)c(NC(=O)c2cc(=O)c3ccccc3o2)cc1Cl. The number of anilines is 1. The molecule has 1 N–H and O–H groups in total. The van der Waals surface area contributed by atoms with E-state index in [2.05, 4.69) is 5.32 Å². The standard InChI is InChI=1S/C18H14ClNO5/c1-23-15-9-16(24-2)12(7-11(15)19)20-18(22)17-8-13(21)10-5-3-4-6-14(10)25-17/h3-9H,1-2H3,(H,20,22). The number of hydrogen-bond donors (Lipinski definition) is 1. The predicted molar refractivity (Wildman–Crippen MR) is 95.0 cm³/mol. The van der Waals surface area contributed by atoms with Crippen molar-refractivity contribution < 1.29 is 18.7 Å². The Balaban J connectivity index is 1.98. The maximum absolute atomic E-state index is 12.5. The molecule has 0 spiro atoms. The summed E-state index contributed by atoms with van der Waals surface area (Å²) in [5.41, 5.74) is 0.362. The molecule has 0 aliphatic carbocycles. The van der Waals surface area contributed by atoms with E-state index in [0.717, 1.165) is 6.07 Å². The van der Waals surface area contributed by atoms with Crippen molar-refractivity contribution in [1.29, 1.82) is 0 Å². The lowest BCUT2D eigenvalue weighted by atomic mass is 10.2. The number of hydrogen-bond acceptors (Lipinski definition) is 5. The first kappa shape index (κ1) is 16.9. The quantitative estimate of drug-likeness (QED) is 0.768. The second-order valence-electron chi connectivity index (χ2n) is 5.11. The Bertz CT molecular complexity index is 1010. The van der Waals surface area contributed by atoms with Crippen molar-refractivity contribution in [2.45, 2.75) is 0 Å². The van der Waals surface area contributed by atoms with Crippen LogP contribution in [-0.4, -0.2) is 20.1 Å². The fourth-order valence-electron chi connectivity index (χ4n) is 2.36. The molecular weight excluding hydrogens is 346 g/mol. The van der Waals surface area contributed by atoms with Crippen molar-refractivity contribution >= 4 is 34.2 Å². The number of para-hydroxylation sites is 1. The summed E-state index contributed by atoms with van der Waals surface area (Å²) in [6, 6.07) is 10.9. The van der Waals surface area contributed by atoms with Crippen LogP contribution in [0.4, 0.5) is 5.69 Å². The number of methoxy groups -OCH3 is 2. The third-order valence-electron chi connectivity index (χ3n) is 3.58. The lowest BCUT2D eigenvalue weighted by Crippen LogP contribution is -2.15. The Morgan fingerprint density at radius 2 is 1.80 bits per heavy atom. The predicted octanol–water partition coefficient (Wildman–Crippen LogP) is 3.72. The molecule has 0 saturated carbocycles. The van der Waals surface area contributed by atoms with E-state index >= 15 is 0 Å². The average Bonchev–Trinajstić information content (AvgIpc) is 2.62. The number of benzene rings is 2. The highest BCUT2D eigenvalue weighted by Gasteiger charge is 2.16. The summed E-state index contributed by atoms with van der Waals surface area (Å²) in [6.07, 6.45) is 0. The molecule has 2 aromatic carbocycles. The molecule has 1 amide bonds. The van der Waals surface area contributed by atoms with Crippen LogP contribution in [0.15, 0.2) is 51.7 Å². The Morgan fingerprint density at radius 3 is 2.52 bits per heavy atom. The number of halogens is 1. The van der Waals surface area contributed by atoms with E-state index < -0.39 is 5.91 Å². The molecule has 3 rings (SSSR count). The van der Waals surface area contributed by atoms with Crippen LogP contribution in [0.1, 0.15) is 10.6 Å². The smallest absolute Gasteiger partial charge is 0.291 e. The second-order valence-corrected chi connectivity index (χ2v) is 5.52. The van der Waals surface area contributed by atoms with Gasteiger partial charge in [0.1, 0.15) is 17.1 Å². The van der Waals surface area contributed by atoms with Crippen LogP contribution in [0.2, 0.25) is 5.02 Å². The van der Waals surface area contributed by atoms with Crippen molar-refractivity contribution in [3.8, 4) is 11.5 Å². The number of fused-ring (bicyclic) bond motifs is 1. The molecule has 1 heterocycles. The highest BCUT2D eigenvalue weighted by molar-refractivity contribution is 6.32. The van der Waals surface area contributed by atoms with Gasteiger partial charge in [-0.05, 0) is 18.2 Å². The highest BCUT2D eigenvalue weighted by Crippen LogP contribution is 2.36. The molecule has 3 aromatic rings. The van der Waals surface area contributed by atoms with Gasteiger partial charge in [-0.25, -0.2) is 0 Å². The van der Waals surface area contributed by atoms with Gasteiger partial charge in [0, 0.05) is 12.1 Å². The van der Waals surface area contributed by atoms with Crippen molar-refractivity contribution in [2.24, 2.45) is 0 Å². The minimum absolute atomic E-state index is 0.113. The van der Waals surface area contributed by atoms with Gasteiger partial charge in [-0.15, -0.1) is 0 Å². The van der Waals surface area contributed by atoms with E-state index in [1.807, 2.05) is 0 Å². The number of ether oxygens (including phenoxy) is 2. The molecule has 0 aliphatic rings. The molecule has 0 aliphatic heterocycles. The Labute approximate surface area is 147 Å². The Morgan fingerprint density at radius 1 is 1.08 bits per heavy atom. The molecule has 1 aromatic heterocycles. The first-order valence-corrected chi connectivity index (χ1v) is 7.67. The minimum Gasteiger partial charge on any atom is -0.495 e. The topological polar surface area (TPSA) is 77.8 Å². The normalized spacial score (nSPS) is 10.5. The summed E-state index contributed by atoms with van der Waals surface area (Å²) in [4.78, 5) is 24.6. The third kappa shape index (κ3) is 3.29. The van der Waals surface area contributed by atoms with E-state index in [4.69, 9.17) is 25.5 Å². The molecule has 128 valence electrons. The average molecular weight is 360 g/mol. The minimum atomic E-state index is -0.595. The second kappa shape index (κ2) is 6.86. The lowest BCUT2D eigenvalue weighted by Gasteiger charge is -2.13. The van der Waals surface area contributed by atoms with Gasteiger partial charge in [0.05, 0.1) is 30.3 Å².